The number of alkyl halides is 3. The van der Waals surface area contributed by atoms with E-state index in [1.54, 1.807) is 17.8 Å². The van der Waals surface area contributed by atoms with Crippen LogP contribution in [0.3, 0.4) is 0 Å². The van der Waals surface area contributed by atoms with Gasteiger partial charge in [0.05, 0.1) is 12.2 Å². The molecule has 30 heavy (non-hydrogen) atoms. The van der Waals surface area contributed by atoms with Gasteiger partial charge in [-0.3, -0.25) is 9.48 Å². The molecule has 0 atom stereocenters. The van der Waals surface area contributed by atoms with Crippen molar-refractivity contribution < 1.29 is 13.2 Å². The van der Waals surface area contributed by atoms with Crippen LogP contribution in [0, 0.1) is 0 Å². The second-order valence-electron chi connectivity index (χ2n) is 6.96. The summed E-state index contributed by atoms with van der Waals surface area (Å²) >= 11 is 6.43. The monoisotopic (exact) mass is 438 g/mol. The Morgan fingerprint density at radius 3 is 2.63 bits per heavy atom. The molecule has 3 rings (SSSR count). The van der Waals surface area contributed by atoms with Crippen molar-refractivity contribution in [2.24, 2.45) is 7.05 Å². The molecule has 0 aliphatic carbocycles. The van der Waals surface area contributed by atoms with Crippen LogP contribution >= 0.6 is 11.6 Å². The Hall–Kier alpha value is -2.58. The number of aryl methyl sites for hydroxylation is 1. The van der Waals surface area contributed by atoms with Gasteiger partial charge in [-0.15, -0.1) is 0 Å². The maximum absolute atomic E-state index is 13.1. The van der Waals surface area contributed by atoms with E-state index in [2.05, 4.69) is 10.3 Å². The van der Waals surface area contributed by atoms with Gasteiger partial charge < -0.3 is 5.32 Å². The van der Waals surface area contributed by atoms with Crippen molar-refractivity contribution in [3.63, 3.8) is 0 Å². The number of rotatable bonds is 6. The minimum Gasteiger partial charge on any atom is -0.308 e. The van der Waals surface area contributed by atoms with Gasteiger partial charge in [0.15, 0.2) is 5.65 Å². The smallest absolute Gasteiger partial charge is 0.308 e. The topological polar surface area (TPSA) is 51.3 Å². The number of nitrogens with one attached hydrogen (secondary N) is 1. The van der Waals surface area contributed by atoms with Crippen molar-refractivity contribution >= 4 is 22.8 Å². The van der Waals surface area contributed by atoms with E-state index in [1.165, 1.54) is 10.7 Å². The molecule has 0 saturated heterocycles. The van der Waals surface area contributed by atoms with Gasteiger partial charge >= 0.3 is 6.18 Å². The van der Waals surface area contributed by atoms with Gasteiger partial charge in [0, 0.05) is 35.0 Å². The first-order valence-electron chi connectivity index (χ1n) is 9.41. The van der Waals surface area contributed by atoms with Crippen LogP contribution in [0.4, 0.5) is 13.2 Å². The van der Waals surface area contributed by atoms with E-state index in [0.717, 1.165) is 22.4 Å². The molecule has 0 unspecified atom stereocenters. The molecular formula is C21H22ClF3N4O. The lowest BCUT2D eigenvalue weighted by molar-refractivity contribution is -0.124. The van der Waals surface area contributed by atoms with Gasteiger partial charge in [-0.05, 0) is 38.5 Å². The van der Waals surface area contributed by atoms with Crippen molar-refractivity contribution in [3.8, 4) is 11.3 Å². The van der Waals surface area contributed by atoms with Crippen LogP contribution in [0.2, 0.25) is 5.02 Å². The average Bonchev–Trinajstić information content (AvgIpc) is 2.98. The summed E-state index contributed by atoms with van der Waals surface area (Å²) in [6.07, 6.45) is -0.792. The molecule has 0 radical (unpaired) electrons. The summed E-state index contributed by atoms with van der Waals surface area (Å²) in [4.78, 5) is 17.6. The number of hydrogen-bond acceptors (Lipinski definition) is 3. The Morgan fingerprint density at radius 2 is 2.00 bits per heavy atom. The highest BCUT2D eigenvalue weighted by Crippen LogP contribution is 2.35. The zero-order chi connectivity index (χ0) is 22.1. The van der Waals surface area contributed by atoms with Crippen LogP contribution < -0.4 is 10.9 Å². The number of hydrogen-bond donors (Lipinski definition) is 1. The molecule has 0 spiro atoms. The summed E-state index contributed by atoms with van der Waals surface area (Å²) < 4.78 is 40.1. The maximum atomic E-state index is 13.1. The van der Waals surface area contributed by atoms with Crippen molar-refractivity contribution in [2.45, 2.75) is 26.4 Å². The first kappa shape index (κ1) is 22.1. The average molecular weight is 439 g/mol. The van der Waals surface area contributed by atoms with E-state index in [1.807, 2.05) is 38.1 Å². The lowest BCUT2D eigenvalue weighted by Crippen LogP contribution is -2.32. The van der Waals surface area contributed by atoms with Crippen molar-refractivity contribution in [1.29, 1.82) is 0 Å². The van der Waals surface area contributed by atoms with Gasteiger partial charge in [0.25, 0.3) is 5.56 Å². The SMILES string of the molecule is C/C=C(\C)c1c(-c2ccccc2Cl)n(C)n2c(=O)c(CCNCC(F)(F)F)cnc12. The molecule has 9 heteroatoms. The van der Waals surface area contributed by atoms with Gasteiger partial charge in [-0.2, -0.15) is 17.7 Å². The molecule has 2 aromatic heterocycles. The van der Waals surface area contributed by atoms with E-state index < -0.39 is 12.7 Å². The predicted octanol–water partition coefficient (Wildman–Crippen LogP) is 4.47. The van der Waals surface area contributed by atoms with Crippen LogP contribution in [0.5, 0.6) is 0 Å². The summed E-state index contributed by atoms with van der Waals surface area (Å²) in [5.74, 6) is 0. The number of benzene rings is 1. The quantitative estimate of drug-likeness (QED) is 0.578. The zero-order valence-corrected chi connectivity index (χ0v) is 17.6. The molecule has 0 aliphatic rings. The molecule has 0 aliphatic heterocycles. The molecule has 0 saturated carbocycles. The first-order valence-corrected chi connectivity index (χ1v) is 9.78. The second-order valence-corrected chi connectivity index (χ2v) is 7.37. The Labute approximate surface area is 176 Å². The summed E-state index contributed by atoms with van der Waals surface area (Å²) in [7, 11) is 1.74. The van der Waals surface area contributed by atoms with E-state index in [-0.39, 0.29) is 18.5 Å². The fourth-order valence-electron chi connectivity index (χ4n) is 3.39. The third kappa shape index (κ3) is 4.29. The van der Waals surface area contributed by atoms with Gasteiger partial charge in [0.1, 0.15) is 0 Å². The van der Waals surface area contributed by atoms with E-state index in [9.17, 15) is 18.0 Å². The first-order chi connectivity index (χ1) is 14.2. The molecule has 1 aromatic carbocycles. The van der Waals surface area contributed by atoms with E-state index >= 15 is 0 Å². The van der Waals surface area contributed by atoms with Crippen LogP contribution in [0.15, 0.2) is 41.3 Å². The largest absolute Gasteiger partial charge is 0.401 e. The second kappa shape index (κ2) is 8.65. The summed E-state index contributed by atoms with van der Waals surface area (Å²) in [6.45, 7) is 2.74. The summed E-state index contributed by atoms with van der Waals surface area (Å²) in [5, 5.41) is 2.85. The molecule has 160 valence electrons. The predicted molar refractivity (Wildman–Crippen MR) is 113 cm³/mol. The minimum atomic E-state index is -4.29. The number of allylic oxidation sites excluding steroid dienone is 2. The molecular weight excluding hydrogens is 417 g/mol. The molecule has 0 bridgehead atoms. The standard InChI is InChI=1S/C21H22ClF3N4O/c1-4-13(2)17-18(15-7-5-6-8-16(15)22)28(3)29-19(17)27-11-14(20(29)30)9-10-26-12-21(23,24)25/h4-8,11,26H,9-10,12H2,1-3H3/b13-4+. The molecule has 5 nitrogen and oxygen atoms in total. The maximum Gasteiger partial charge on any atom is 0.401 e. The van der Waals surface area contributed by atoms with Crippen molar-refractivity contribution in [1.82, 2.24) is 19.5 Å². The third-order valence-electron chi connectivity index (χ3n) is 4.95. The third-order valence-corrected chi connectivity index (χ3v) is 5.28. The Bertz CT molecular complexity index is 1160. The van der Waals surface area contributed by atoms with Gasteiger partial charge in [-0.25, -0.2) is 4.98 Å². The Balaban J connectivity index is 2.12. The molecule has 0 amide bonds. The number of aromatic nitrogens is 3. The van der Waals surface area contributed by atoms with Crippen molar-refractivity contribution in [2.75, 3.05) is 13.1 Å². The van der Waals surface area contributed by atoms with Gasteiger partial charge in [0.2, 0.25) is 0 Å². The van der Waals surface area contributed by atoms with Crippen LogP contribution in [0.1, 0.15) is 25.0 Å². The Morgan fingerprint density at radius 1 is 1.30 bits per heavy atom. The fourth-order valence-corrected chi connectivity index (χ4v) is 3.62. The fraction of sp³-hybridized carbons (Fsp3) is 0.333. The molecule has 2 heterocycles. The number of fused-ring (bicyclic) bond motifs is 1. The normalized spacial score (nSPS) is 12.7. The minimum absolute atomic E-state index is 0.0189. The van der Waals surface area contributed by atoms with Crippen molar-refractivity contribution in [3.05, 3.63) is 63.0 Å². The number of halogens is 4. The molecule has 3 aromatic rings. The summed E-state index contributed by atoms with van der Waals surface area (Å²) in [5.41, 5.74) is 3.70. The van der Waals surface area contributed by atoms with Gasteiger partial charge in [-0.1, -0.05) is 35.9 Å². The highest BCUT2D eigenvalue weighted by Gasteiger charge is 2.26. The van der Waals surface area contributed by atoms with Crippen LogP contribution in [-0.2, 0) is 13.5 Å². The molecule has 0 fully saturated rings. The molecule has 1 N–H and O–H groups in total. The number of nitrogens with zero attached hydrogens (tertiary/aromatic N) is 3. The zero-order valence-electron chi connectivity index (χ0n) is 16.8. The highest BCUT2D eigenvalue weighted by molar-refractivity contribution is 6.33. The van der Waals surface area contributed by atoms with E-state index in [4.69, 9.17) is 11.6 Å². The summed E-state index contributed by atoms with van der Waals surface area (Å²) in [6, 6.07) is 7.34. The lowest BCUT2D eigenvalue weighted by Gasteiger charge is -2.09. The Kier molecular flexibility index (Phi) is 6.38. The van der Waals surface area contributed by atoms with Crippen LogP contribution in [0.25, 0.3) is 22.5 Å². The highest BCUT2D eigenvalue weighted by atomic mass is 35.5. The lowest BCUT2D eigenvalue weighted by atomic mass is 10.0. The van der Waals surface area contributed by atoms with E-state index in [0.29, 0.717) is 16.2 Å². The van der Waals surface area contributed by atoms with Crippen LogP contribution in [-0.4, -0.2) is 33.4 Å².